The van der Waals surface area contributed by atoms with Crippen LogP contribution in [-0.2, 0) is 19.5 Å². The number of nitrogens with one attached hydrogen (secondary N) is 1. The molecule has 0 aromatic carbocycles. The molecule has 7 heteroatoms. The lowest BCUT2D eigenvalue weighted by Gasteiger charge is -2.25. The smallest absolute Gasteiger partial charge is 0.289 e. The number of aromatic nitrogens is 4. The van der Waals surface area contributed by atoms with E-state index in [1.54, 1.807) is 0 Å². The standard InChI is InChI=1S/C18H24N6O/c1-12(2)20-18(25)17-22-21-16-6-14-9-23(10-15(14)11-24(16)17)8-13-4-3-5-19-7-13/h3-5,7,12,14-15H,6,8-11H2,1-2H3,(H,20,25). The number of amides is 1. The molecule has 4 heterocycles. The topological polar surface area (TPSA) is 75.9 Å². The molecule has 132 valence electrons. The predicted molar refractivity (Wildman–Crippen MR) is 92.8 cm³/mol. The number of carbonyl (C=O) groups excluding carboxylic acids is 1. The summed E-state index contributed by atoms with van der Waals surface area (Å²) in [5, 5.41) is 11.3. The Hall–Kier alpha value is -2.28. The molecule has 2 aromatic rings. The lowest BCUT2D eigenvalue weighted by atomic mass is 9.89. The second-order valence-electron chi connectivity index (χ2n) is 7.46. The van der Waals surface area contributed by atoms with Crippen LogP contribution < -0.4 is 5.32 Å². The van der Waals surface area contributed by atoms with Crippen LogP contribution in [0.3, 0.4) is 0 Å². The fourth-order valence-corrected chi connectivity index (χ4v) is 3.99. The lowest BCUT2D eigenvalue weighted by Crippen LogP contribution is -2.35. The van der Waals surface area contributed by atoms with Gasteiger partial charge >= 0.3 is 0 Å². The van der Waals surface area contributed by atoms with E-state index in [2.05, 4.69) is 31.5 Å². The molecular formula is C18H24N6O. The maximum atomic E-state index is 12.3. The van der Waals surface area contributed by atoms with Crippen molar-refractivity contribution in [3.8, 4) is 0 Å². The number of nitrogens with zero attached hydrogens (tertiary/aromatic N) is 5. The fraction of sp³-hybridized carbons (Fsp3) is 0.556. The van der Waals surface area contributed by atoms with Gasteiger partial charge in [0.15, 0.2) is 0 Å². The number of hydrogen-bond donors (Lipinski definition) is 1. The van der Waals surface area contributed by atoms with Crippen LogP contribution in [0.1, 0.15) is 35.9 Å². The van der Waals surface area contributed by atoms with Crippen molar-refractivity contribution in [1.29, 1.82) is 0 Å². The highest BCUT2D eigenvalue weighted by molar-refractivity contribution is 5.90. The van der Waals surface area contributed by atoms with Crippen molar-refractivity contribution in [2.75, 3.05) is 13.1 Å². The Balaban J connectivity index is 1.45. The van der Waals surface area contributed by atoms with E-state index in [4.69, 9.17) is 0 Å². The molecule has 0 bridgehead atoms. The van der Waals surface area contributed by atoms with Crippen LogP contribution in [0.4, 0.5) is 0 Å². The van der Waals surface area contributed by atoms with E-state index >= 15 is 0 Å². The first-order valence-corrected chi connectivity index (χ1v) is 8.94. The number of fused-ring (bicyclic) bond motifs is 2. The number of pyridine rings is 1. The molecule has 0 aliphatic carbocycles. The molecule has 0 radical (unpaired) electrons. The molecule has 2 atom stereocenters. The number of hydrogen-bond acceptors (Lipinski definition) is 5. The lowest BCUT2D eigenvalue weighted by molar-refractivity contribution is 0.0924. The normalized spacial score (nSPS) is 22.7. The molecule has 7 nitrogen and oxygen atoms in total. The van der Waals surface area contributed by atoms with E-state index < -0.39 is 0 Å². The molecule has 2 unspecified atom stereocenters. The van der Waals surface area contributed by atoms with Crippen LogP contribution >= 0.6 is 0 Å². The minimum absolute atomic E-state index is 0.0956. The molecule has 0 spiro atoms. The zero-order valence-corrected chi connectivity index (χ0v) is 14.7. The van der Waals surface area contributed by atoms with Gasteiger partial charge in [0.1, 0.15) is 5.82 Å². The molecule has 1 N–H and O–H groups in total. The first kappa shape index (κ1) is 16.2. The maximum absolute atomic E-state index is 12.3. The third kappa shape index (κ3) is 3.28. The Morgan fingerprint density at radius 1 is 1.28 bits per heavy atom. The van der Waals surface area contributed by atoms with Gasteiger partial charge in [-0.3, -0.25) is 14.7 Å². The highest BCUT2D eigenvalue weighted by Gasteiger charge is 2.39. The van der Waals surface area contributed by atoms with E-state index in [-0.39, 0.29) is 11.9 Å². The Labute approximate surface area is 147 Å². The summed E-state index contributed by atoms with van der Waals surface area (Å²) >= 11 is 0. The highest BCUT2D eigenvalue weighted by atomic mass is 16.2. The van der Waals surface area contributed by atoms with E-state index in [9.17, 15) is 4.79 Å². The predicted octanol–water partition coefficient (Wildman–Crippen LogP) is 1.12. The minimum atomic E-state index is -0.127. The van der Waals surface area contributed by atoms with E-state index in [0.29, 0.717) is 17.7 Å². The summed E-state index contributed by atoms with van der Waals surface area (Å²) in [5.74, 6) is 2.41. The molecule has 25 heavy (non-hydrogen) atoms. The van der Waals surface area contributed by atoms with Gasteiger partial charge in [-0.2, -0.15) is 0 Å². The van der Waals surface area contributed by atoms with Crippen molar-refractivity contribution < 1.29 is 4.79 Å². The van der Waals surface area contributed by atoms with Crippen molar-refractivity contribution in [2.45, 2.75) is 39.4 Å². The molecule has 1 amide bonds. The van der Waals surface area contributed by atoms with Gasteiger partial charge in [0.2, 0.25) is 5.82 Å². The van der Waals surface area contributed by atoms with Gasteiger partial charge in [0.25, 0.3) is 5.91 Å². The summed E-state index contributed by atoms with van der Waals surface area (Å²) in [6, 6.07) is 4.20. The van der Waals surface area contributed by atoms with Gasteiger partial charge in [-0.25, -0.2) is 0 Å². The maximum Gasteiger partial charge on any atom is 0.289 e. The second-order valence-corrected chi connectivity index (χ2v) is 7.46. The molecule has 2 aliphatic heterocycles. The quantitative estimate of drug-likeness (QED) is 0.902. The Bertz CT molecular complexity index is 756. The number of rotatable bonds is 4. The molecular weight excluding hydrogens is 316 g/mol. The largest absolute Gasteiger partial charge is 0.347 e. The molecule has 1 fully saturated rings. The summed E-state index contributed by atoms with van der Waals surface area (Å²) in [7, 11) is 0. The fourth-order valence-electron chi connectivity index (χ4n) is 3.99. The summed E-state index contributed by atoms with van der Waals surface area (Å²) in [6.45, 7) is 7.78. The van der Waals surface area contributed by atoms with Gasteiger partial charge in [0.05, 0.1) is 0 Å². The average molecular weight is 340 g/mol. The van der Waals surface area contributed by atoms with Crippen LogP contribution in [0, 0.1) is 11.8 Å². The van der Waals surface area contributed by atoms with Crippen LogP contribution in [0.5, 0.6) is 0 Å². The summed E-state index contributed by atoms with van der Waals surface area (Å²) in [6.07, 6.45) is 4.64. The van der Waals surface area contributed by atoms with Crippen molar-refractivity contribution >= 4 is 5.91 Å². The zero-order valence-electron chi connectivity index (χ0n) is 14.7. The van der Waals surface area contributed by atoms with Crippen LogP contribution in [0.15, 0.2) is 24.5 Å². The molecule has 2 aliphatic rings. The monoisotopic (exact) mass is 340 g/mol. The first-order chi connectivity index (χ1) is 12.1. The van der Waals surface area contributed by atoms with Crippen LogP contribution in [-0.4, -0.2) is 49.7 Å². The van der Waals surface area contributed by atoms with Gasteiger partial charge in [-0.15, -0.1) is 10.2 Å². The van der Waals surface area contributed by atoms with Crippen molar-refractivity contribution in [3.63, 3.8) is 0 Å². The van der Waals surface area contributed by atoms with Gasteiger partial charge in [0, 0.05) is 51.0 Å². The van der Waals surface area contributed by atoms with Crippen LogP contribution in [0.25, 0.3) is 0 Å². The van der Waals surface area contributed by atoms with Gasteiger partial charge in [-0.1, -0.05) is 6.07 Å². The minimum Gasteiger partial charge on any atom is -0.347 e. The summed E-state index contributed by atoms with van der Waals surface area (Å²) < 4.78 is 2.02. The van der Waals surface area contributed by atoms with Crippen LogP contribution in [0.2, 0.25) is 0 Å². The Morgan fingerprint density at radius 2 is 2.12 bits per heavy atom. The van der Waals surface area contributed by atoms with Crippen molar-refractivity contribution in [3.05, 3.63) is 41.7 Å². The van der Waals surface area contributed by atoms with E-state index in [0.717, 1.165) is 38.4 Å². The summed E-state index contributed by atoms with van der Waals surface area (Å²) in [4.78, 5) is 19.0. The molecule has 0 saturated carbocycles. The van der Waals surface area contributed by atoms with Gasteiger partial charge < -0.3 is 9.88 Å². The van der Waals surface area contributed by atoms with E-state index in [1.165, 1.54) is 5.56 Å². The van der Waals surface area contributed by atoms with Crippen molar-refractivity contribution in [2.24, 2.45) is 11.8 Å². The zero-order chi connectivity index (χ0) is 17.4. The third-order valence-electron chi connectivity index (χ3n) is 5.09. The third-order valence-corrected chi connectivity index (χ3v) is 5.09. The number of likely N-dealkylation sites (tertiary alicyclic amines) is 1. The molecule has 2 aromatic heterocycles. The second kappa shape index (κ2) is 6.55. The Kier molecular flexibility index (Phi) is 4.25. The molecule has 4 rings (SSSR count). The highest BCUT2D eigenvalue weighted by Crippen LogP contribution is 2.33. The Morgan fingerprint density at radius 3 is 2.88 bits per heavy atom. The van der Waals surface area contributed by atoms with Gasteiger partial charge in [-0.05, 0) is 37.3 Å². The summed E-state index contributed by atoms with van der Waals surface area (Å²) in [5.41, 5.74) is 1.25. The molecule has 1 saturated heterocycles. The van der Waals surface area contributed by atoms with E-state index in [1.807, 2.05) is 36.9 Å². The van der Waals surface area contributed by atoms with Crippen molar-refractivity contribution in [1.82, 2.24) is 30.0 Å². The first-order valence-electron chi connectivity index (χ1n) is 8.94. The average Bonchev–Trinajstić information content (AvgIpc) is 3.15. The number of carbonyl (C=O) groups is 1. The SMILES string of the molecule is CC(C)NC(=O)c1nnc2n1CC1CN(Cc3cccnc3)CC1C2.